The Morgan fingerprint density at radius 1 is 1.33 bits per heavy atom. The first-order valence-corrected chi connectivity index (χ1v) is 6.50. The van der Waals surface area contributed by atoms with Gasteiger partial charge in [-0.2, -0.15) is 0 Å². The van der Waals surface area contributed by atoms with Gasteiger partial charge < -0.3 is 0 Å². The monoisotopic (exact) mass is 285 g/mol. The van der Waals surface area contributed by atoms with Gasteiger partial charge in [0, 0.05) is 22.7 Å². The fourth-order valence-electron chi connectivity index (χ4n) is 1.65. The predicted molar refractivity (Wildman–Crippen MR) is 72.4 cm³/mol. The van der Waals surface area contributed by atoms with Gasteiger partial charge in [-0.05, 0) is 36.6 Å². The number of hydrogen-bond donors (Lipinski definition) is 0. The van der Waals surface area contributed by atoms with E-state index in [0.717, 1.165) is 18.4 Å². The first kappa shape index (κ1) is 13.4. The number of rotatable bonds is 2. The summed E-state index contributed by atoms with van der Waals surface area (Å²) in [4.78, 5) is 17.1. The van der Waals surface area contributed by atoms with E-state index >= 15 is 0 Å². The van der Waals surface area contributed by atoms with Gasteiger partial charge in [-0.1, -0.05) is 29.3 Å². The van der Waals surface area contributed by atoms with E-state index in [4.69, 9.17) is 28.0 Å². The van der Waals surface area contributed by atoms with Gasteiger partial charge in [0.1, 0.15) is 0 Å². The Bertz CT molecular complexity index is 468. The van der Waals surface area contributed by atoms with Crippen LogP contribution in [0.15, 0.2) is 24.3 Å². The van der Waals surface area contributed by atoms with Gasteiger partial charge in [-0.3, -0.25) is 9.63 Å². The third-order valence-corrected chi connectivity index (χ3v) is 3.18. The molecule has 0 spiro atoms. The van der Waals surface area contributed by atoms with Crippen LogP contribution in [0.3, 0.4) is 0 Å². The molecule has 0 aromatic heterocycles. The average molecular weight is 286 g/mol. The molecule has 0 N–H and O–H groups in total. The smallest absolute Gasteiger partial charge is 0.270 e. The molecule has 0 saturated carbocycles. The normalized spacial score (nSPS) is 16.2. The van der Waals surface area contributed by atoms with E-state index in [2.05, 4.69) is 0 Å². The molecule has 0 bridgehead atoms. The van der Waals surface area contributed by atoms with Gasteiger partial charge in [0.15, 0.2) is 0 Å². The van der Waals surface area contributed by atoms with Gasteiger partial charge in [-0.25, -0.2) is 5.06 Å². The fraction of sp³-hybridized carbons (Fsp3) is 0.308. The summed E-state index contributed by atoms with van der Waals surface area (Å²) >= 11 is 11.8. The van der Waals surface area contributed by atoms with Crippen LogP contribution in [0.25, 0.3) is 6.08 Å². The molecule has 0 aliphatic carbocycles. The molecule has 96 valence electrons. The largest absolute Gasteiger partial charge is 0.271 e. The van der Waals surface area contributed by atoms with Crippen LogP contribution < -0.4 is 0 Å². The number of nitrogens with zero attached hydrogens (tertiary/aromatic N) is 1. The summed E-state index contributed by atoms with van der Waals surface area (Å²) in [6.07, 6.45) is 5.09. The van der Waals surface area contributed by atoms with Crippen LogP contribution >= 0.6 is 23.2 Å². The summed E-state index contributed by atoms with van der Waals surface area (Å²) in [5, 5.41) is 2.47. The van der Waals surface area contributed by atoms with Crippen LogP contribution in [0.4, 0.5) is 0 Å². The Hall–Kier alpha value is -1.03. The predicted octanol–water partition coefficient (Wildman–Crippen LogP) is 3.56. The zero-order valence-corrected chi connectivity index (χ0v) is 11.2. The molecule has 1 aromatic carbocycles. The standard InChI is InChI=1S/C13H13Cl2NO2/c14-11-5-3-10(12(15)9-11)4-6-13(17)16-7-1-2-8-18-16/h3-6,9H,1-2,7-8H2/b6-4+. The Balaban J connectivity index is 2.03. The number of carbonyl (C=O) groups is 1. The molecule has 1 amide bonds. The highest BCUT2D eigenvalue weighted by molar-refractivity contribution is 6.35. The molecule has 1 saturated heterocycles. The van der Waals surface area contributed by atoms with Crippen LogP contribution in [-0.4, -0.2) is 24.1 Å². The molecule has 1 aliphatic heterocycles. The second kappa shape index (κ2) is 6.23. The molecule has 18 heavy (non-hydrogen) atoms. The van der Waals surface area contributed by atoms with Gasteiger partial charge in [-0.15, -0.1) is 0 Å². The third-order valence-electron chi connectivity index (χ3n) is 2.62. The SMILES string of the molecule is O=C(/C=C/c1ccc(Cl)cc1Cl)N1CCCCO1. The molecule has 1 aliphatic rings. The highest BCUT2D eigenvalue weighted by Crippen LogP contribution is 2.22. The van der Waals surface area contributed by atoms with Gasteiger partial charge in [0.05, 0.1) is 6.61 Å². The molecule has 0 radical (unpaired) electrons. The number of benzene rings is 1. The topological polar surface area (TPSA) is 29.5 Å². The minimum absolute atomic E-state index is 0.166. The van der Waals surface area contributed by atoms with E-state index in [-0.39, 0.29) is 5.91 Å². The van der Waals surface area contributed by atoms with E-state index in [1.807, 2.05) is 0 Å². The van der Waals surface area contributed by atoms with Gasteiger partial charge in [0.25, 0.3) is 5.91 Å². The van der Waals surface area contributed by atoms with Crippen LogP contribution in [0.5, 0.6) is 0 Å². The van der Waals surface area contributed by atoms with Crippen molar-refractivity contribution in [3.05, 3.63) is 39.9 Å². The minimum Gasteiger partial charge on any atom is -0.271 e. The second-order valence-electron chi connectivity index (χ2n) is 3.98. The zero-order chi connectivity index (χ0) is 13.0. The summed E-state index contributed by atoms with van der Waals surface area (Å²) in [6, 6.07) is 5.14. The fourth-order valence-corrected chi connectivity index (χ4v) is 2.12. The van der Waals surface area contributed by atoms with Crippen molar-refractivity contribution in [1.82, 2.24) is 5.06 Å². The van der Waals surface area contributed by atoms with Crippen molar-refractivity contribution in [2.45, 2.75) is 12.8 Å². The average Bonchev–Trinajstić information content (AvgIpc) is 2.38. The summed E-state index contributed by atoms with van der Waals surface area (Å²) in [7, 11) is 0. The Morgan fingerprint density at radius 3 is 2.83 bits per heavy atom. The molecule has 1 aromatic rings. The molecular formula is C13H13Cl2NO2. The van der Waals surface area contributed by atoms with Crippen molar-refractivity contribution >= 4 is 35.2 Å². The first-order chi connectivity index (χ1) is 8.66. The lowest BCUT2D eigenvalue weighted by Crippen LogP contribution is -2.34. The summed E-state index contributed by atoms with van der Waals surface area (Å²) < 4.78 is 0. The van der Waals surface area contributed by atoms with E-state index in [9.17, 15) is 4.79 Å². The molecule has 3 nitrogen and oxygen atoms in total. The van der Waals surface area contributed by atoms with Crippen molar-refractivity contribution in [2.75, 3.05) is 13.2 Å². The van der Waals surface area contributed by atoms with Crippen LogP contribution in [0.1, 0.15) is 18.4 Å². The first-order valence-electron chi connectivity index (χ1n) is 5.74. The Morgan fingerprint density at radius 2 is 2.17 bits per heavy atom. The molecule has 0 atom stereocenters. The molecule has 1 heterocycles. The maximum absolute atomic E-state index is 11.8. The maximum Gasteiger partial charge on any atom is 0.270 e. The highest BCUT2D eigenvalue weighted by atomic mass is 35.5. The summed E-state index contributed by atoms with van der Waals surface area (Å²) in [5.41, 5.74) is 0.756. The zero-order valence-electron chi connectivity index (χ0n) is 9.73. The van der Waals surface area contributed by atoms with Crippen molar-refractivity contribution in [3.63, 3.8) is 0 Å². The van der Waals surface area contributed by atoms with Crippen molar-refractivity contribution in [1.29, 1.82) is 0 Å². The Kier molecular flexibility index (Phi) is 4.64. The van der Waals surface area contributed by atoms with Crippen molar-refractivity contribution < 1.29 is 9.63 Å². The number of amides is 1. The van der Waals surface area contributed by atoms with Crippen LogP contribution in [0.2, 0.25) is 10.0 Å². The molecule has 1 fully saturated rings. The third kappa shape index (κ3) is 3.48. The number of hydroxylamine groups is 2. The number of hydrogen-bond acceptors (Lipinski definition) is 2. The quantitative estimate of drug-likeness (QED) is 0.778. The molecule has 2 rings (SSSR count). The van der Waals surface area contributed by atoms with Crippen molar-refractivity contribution in [3.8, 4) is 0 Å². The molecular weight excluding hydrogens is 273 g/mol. The Labute approximate surface area is 116 Å². The lowest BCUT2D eigenvalue weighted by molar-refractivity contribution is -0.191. The molecule has 5 heteroatoms. The van der Waals surface area contributed by atoms with Crippen molar-refractivity contribution in [2.24, 2.45) is 0 Å². The van der Waals surface area contributed by atoms with Crippen LogP contribution in [-0.2, 0) is 9.63 Å². The lowest BCUT2D eigenvalue weighted by atomic mass is 10.2. The van der Waals surface area contributed by atoms with Crippen LogP contribution in [0, 0.1) is 0 Å². The second-order valence-corrected chi connectivity index (χ2v) is 4.82. The maximum atomic E-state index is 11.8. The van der Waals surface area contributed by atoms with Gasteiger partial charge in [0.2, 0.25) is 0 Å². The number of carbonyl (C=O) groups excluding carboxylic acids is 1. The minimum atomic E-state index is -0.166. The van der Waals surface area contributed by atoms with E-state index in [0.29, 0.717) is 23.2 Å². The van der Waals surface area contributed by atoms with Gasteiger partial charge >= 0.3 is 0 Å². The van der Waals surface area contributed by atoms with E-state index in [1.54, 1.807) is 24.3 Å². The van der Waals surface area contributed by atoms with E-state index in [1.165, 1.54) is 11.1 Å². The summed E-state index contributed by atoms with van der Waals surface area (Å²) in [6.45, 7) is 1.23. The summed E-state index contributed by atoms with van der Waals surface area (Å²) in [5.74, 6) is -0.166. The number of halogens is 2. The molecule has 0 unspecified atom stereocenters. The lowest BCUT2D eigenvalue weighted by Gasteiger charge is -2.24. The highest BCUT2D eigenvalue weighted by Gasteiger charge is 2.14. The van der Waals surface area contributed by atoms with E-state index < -0.39 is 0 Å².